The van der Waals surface area contributed by atoms with E-state index in [4.69, 9.17) is 14.2 Å². The van der Waals surface area contributed by atoms with Gasteiger partial charge in [0.2, 0.25) is 0 Å². The van der Waals surface area contributed by atoms with Gasteiger partial charge in [0.15, 0.2) is 6.29 Å². The molecule has 1 aliphatic heterocycles. The van der Waals surface area contributed by atoms with Gasteiger partial charge < -0.3 is 14.2 Å². The van der Waals surface area contributed by atoms with Crippen molar-refractivity contribution in [1.82, 2.24) is 0 Å². The molecular formula is C15H22O3. The van der Waals surface area contributed by atoms with E-state index in [-0.39, 0.29) is 6.29 Å². The third kappa shape index (κ3) is 2.85. The molecule has 3 heteroatoms. The van der Waals surface area contributed by atoms with E-state index in [1.54, 1.807) is 7.11 Å². The van der Waals surface area contributed by atoms with Gasteiger partial charge in [-0.15, -0.1) is 0 Å². The van der Waals surface area contributed by atoms with Gasteiger partial charge in [0.05, 0.1) is 20.3 Å². The Bertz CT molecular complexity index is 370. The Kier molecular flexibility index (Phi) is 4.61. The Morgan fingerprint density at radius 3 is 2.56 bits per heavy atom. The fourth-order valence-electron chi connectivity index (χ4n) is 2.22. The molecule has 3 nitrogen and oxygen atoms in total. The first-order chi connectivity index (χ1) is 8.76. The minimum absolute atomic E-state index is 0.290. The van der Waals surface area contributed by atoms with Gasteiger partial charge in [0.1, 0.15) is 5.75 Å². The molecule has 18 heavy (non-hydrogen) atoms. The largest absolute Gasteiger partial charge is 0.496 e. The average molecular weight is 250 g/mol. The molecule has 1 saturated heterocycles. The lowest BCUT2D eigenvalue weighted by molar-refractivity contribution is -0.212. The van der Waals surface area contributed by atoms with Crippen LogP contribution >= 0.6 is 0 Å². The van der Waals surface area contributed by atoms with Crippen LogP contribution in [0.2, 0.25) is 0 Å². The van der Waals surface area contributed by atoms with Gasteiger partial charge >= 0.3 is 0 Å². The van der Waals surface area contributed by atoms with E-state index in [9.17, 15) is 0 Å². The molecule has 0 amide bonds. The van der Waals surface area contributed by atoms with Crippen molar-refractivity contribution < 1.29 is 14.2 Å². The van der Waals surface area contributed by atoms with Crippen molar-refractivity contribution in [2.75, 3.05) is 20.3 Å². The minimum atomic E-state index is -0.290. The predicted molar refractivity (Wildman–Crippen MR) is 70.6 cm³/mol. The lowest BCUT2D eigenvalue weighted by atomic mass is 9.93. The Morgan fingerprint density at radius 2 is 1.94 bits per heavy atom. The topological polar surface area (TPSA) is 27.7 Å². The molecule has 1 heterocycles. The smallest absolute Gasteiger partial charge is 0.187 e. The number of hydrogen-bond acceptors (Lipinski definition) is 3. The van der Waals surface area contributed by atoms with E-state index < -0.39 is 0 Å². The van der Waals surface area contributed by atoms with E-state index in [1.807, 2.05) is 24.3 Å². The van der Waals surface area contributed by atoms with Gasteiger partial charge in [-0.25, -0.2) is 0 Å². The predicted octanol–water partition coefficient (Wildman–Crippen LogP) is 3.40. The zero-order valence-electron chi connectivity index (χ0n) is 11.4. The Morgan fingerprint density at radius 1 is 1.28 bits per heavy atom. The minimum Gasteiger partial charge on any atom is -0.496 e. The van der Waals surface area contributed by atoms with Crippen molar-refractivity contribution in [3.63, 3.8) is 0 Å². The molecule has 1 unspecified atom stereocenters. The number of rotatable bonds is 4. The summed E-state index contributed by atoms with van der Waals surface area (Å²) < 4.78 is 17.0. The Labute approximate surface area is 109 Å². The first-order valence-electron chi connectivity index (χ1n) is 6.62. The summed E-state index contributed by atoms with van der Waals surface area (Å²) >= 11 is 0. The van der Waals surface area contributed by atoms with Crippen LogP contribution in [0.5, 0.6) is 5.75 Å². The Balaban J connectivity index is 2.01. The van der Waals surface area contributed by atoms with Crippen LogP contribution in [-0.4, -0.2) is 20.3 Å². The molecule has 1 fully saturated rings. The van der Waals surface area contributed by atoms with E-state index >= 15 is 0 Å². The van der Waals surface area contributed by atoms with Gasteiger partial charge in [-0.1, -0.05) is 38.5 Å². The van der Waals surface area contributed by atoms with Gasteiger partial charge in [-0.05, 0) is 12.0 Å². The van der Waals surface area contributed by atoms with Crippen molar-refractivity contribution in [2.45, 2.75) is 26.6 Å². The quantitative estimate of drug-likeness (QED) is 0.819. The van der Waals surface area contributed by atoms with Gasteiger partial charge in [-0.2, -0.15) is 0 Å². The summed E-state index contributed by atoms with van der Waals surface area (Å²) in [4.78, 5) is 0. The highest BCUT2D eigenvalue weighted by atomic mass is 16.7. The fourth-order valence-corrected chi connectivity index (χ4v) is 2.22. The number of ether oxygens (including phenoxy) is 3. The highest BCUT2D eigenvalue weighted by molar-refractivity contribution is 5.34. The van der Waals surface area contributed by atoms with Crippen LogP contribution in [0.4, 0.5) is 0 Å². The normalized spacial score (nSPS) is 25.7. The van der Waals surface area contributed by atoms with E-state index in [2.05, 4.69) is 13.8 Å². The number of methoxy groups -OCH3 is 1. The number of hydrogen-bond donors (Lipinski definition) is 0. The molecule has 0 aliphatic carbocycles. The molecule has 100 valence electrons. The van der Waals surface area contributed by atoms with E-state index in [1.165, 1.54) is 0 Å². The molecule has 0 radical (unpaired) electrons. The summed E-state index contributed by atoms with van der Waals surface area (Å²) in [5, 5.41) is 0. The Hall–Kier alpha value is -1.06. The first-order valence-corrected chi connectivity index (χ1v) is 6.62. The number of para-hydroxylation sites is 1. The van der Waals surface area contributed by atoms with Crippen LogP contribution in [0.25, 0.3) is 0 Å². The second kappa shape index (κ2) is 6.21. The summed E-state index contributed by atoms with van der Waals surface area (Å²) in [7, 11) is 1.67. The third-order valence-electron chi connectivity index (χ3n) is 3.76. The monoisotopic (exact) mass is 250 g/mol. The molecule has 1 atom stereocenters. The lowest BCUT2D eigenvalue weighted by Gasteiger charge is -2.33. The highest BCUT2D eigenvalue weighted by Gasteiger charge is 2.27. The third-order valence-corrected chi connectivity index (χ3v) is 3.76. The van der Waals surface area contributed by atoms with E-state index in [0.717, 1.165) is 30.9 Å². The van der Waals surface area contributed by atoms with Gasteiger partial charge in [0.25, 0.3) is 0 Å². The molecule has 0 aromatic heterocycles. The van der Waals surface area contributed by atoms with Gasteiger partial charge in [-0.3, -0.25) is 0 Å². The van der Waals surface area contributed by atoms with Crippen molar-refractivity contribution in [1.29, 1.82) is 0 Å². The van der Waals surface area contributed by atoms with Crippen LogP contribution < -0.4 is 4.74 Å². The molecule has 0 spiro atoms. The van der Waals surface area contributed by atoms with Crippen LogP contribution in [0.1, 0.15) is 32.1 Å². The molecular weight excluding hydrogens is 228 g/mol. The second-order valence-corrected chi connectivity index (χ2v) is 4.89. The standard InChI is InChI=1S/C15H22O3/c1-4-11(2)12-9-17-15(18-10-12)13-7-5-6-8-14(13)16-3/h5-8,11-12,15H,4,9-10H2,1-3H3. The summed E-state index contributed by atoms with van der Waals surface area (Å²) in [5.41, 5.74) is 0.975. The van der Waals surface area contributed by atoms with Crippen LogP contribution in [0.15, 0.2) is 24.3 Å². The SMILES string of the molecule is CCC(C)C1COC(c2ccccc2OC)OC1. The van der Waals surface area contributed by atoms with Crippen molar-refractivity contribution in [3.05, 3.63) is 29.8 Å². The molecule has 0 saturated carbocycles. The molecule has 2 rings (SSSR count). The lowest BCUT2D eigenvalue weighted by Crippen LogP contribution is -2.31. The molecule has 1 aromatic rings. The maximum absolute atomic E-state index is 5.84. The summed E-state index contributed by atoms with van der Waals surface area (Å²) in [6, 6.07) is 7.86. The second-order valence-electron chi connectivity index (χ2n) is 4.89. The summed E-state index contributed by atoms with van der Waals surface area (Å²) in [5.74, 6) is 1.97. The van der Waals surface area contributed by atoms with Crippen molar-refractivity contribution >= 4 is 0 Å². The van der Waals surface area contributed by atoms with Crippen LogP contribution in [0.3, 0.4) is 0 Å². The number of benzene rings is 1. The molecule has 0 N–H and O–H groups in total. The molecule has 1 aliphatic rings. The fraction of sp³-hybridized carbons (Fsp3) is 0.600. The van der Waals surface area contributed by atoms with Crippen molar-refractivity contribution in [2.24, 2.45) is 11.8 Å². The molecule has 0 bridgehead atoms. The average Bonchev–Trinajstić information content (AvgIpc) is 2.46. The maximum Gasteiger partial charge on any atom is 0.187 e. The van der Waals surface area contributed by atoms with Crippen LogP contribution in [0, 0.1) is 11.8 Å². The molecule has 1 aromatic carbocycles. The summed E-state index contributed by atoms with van der Waals surface area (Å²) in [6.45, 7) is 5.98. The van der Waals surface area contributed by atoms with E-state index in [0.29, 0.717) is 11.8 Å². The highest BCUT2D eigenvalue weighted by Crippen LogP contribution is 2.33. The first kappa shape index (κ1) is 13.4. The van der Waals surface area contributed by atoms with Crippen LogP contribution in [-0.2, 0) is 9.47 Å². The van der Waals surface area contributed by atoms with Gasteiger partial charge in [0, 0.05) is 11.5 Å². The summed E-state index contributed by atoms with van der Waals surface area (Å²) in [6.07, 6.45) is 0.873. The zero-order valence-corrected chi connectivity index (χ0v) is 11.4. The maximum atomic E-state index is 5.84. The van der Waals surface area contributed by atoms with Crippen molar-refractivity contribution in [3.8, 4) is 5.75 Å². The zero-order chi connectivity index (χ0) is 13.0.